The molecule has 2 aromatic rings. The van der Waals surface area contributed by atoms with E-state index in [2.05, 4.69) is 21.2 Å². The molecule has 0 aromatic heterocycles. The van der Waals surface area contributed by atoms with Gasteiger partial charge >= 0.3 is 5.97 Å². The molecule has 104 valence electrons. The molecule has 5 nitrogen and oxygen atoms in total. The molecule has 0 atom stereocenters. The zero-order valence-corrected chi connectivity index (χ0v) is 12.3. The average Bonchev–Trinajstić information content (AvgIpc) is 2.38. The molecule has 20 heavy (non-hydrogen) atoms. The predicted octanol–water partition coefficient (Wildman–Crippen LogP) is 3.48. The fraction of sp³-hybridized carbons (Fsp3) is 0.0714. The molecule has 0 unspecified atom stereocenters. The van der Waals surface area contributed by atoms with Gasteiger partial charge in [-0.2, -0.15) is 0 Å². The van der Waals surface area contributed by atoms with Crippen molar-refractivity contribution in [3.63, 3.8) is 0 Å². The van der Waals surface area contributed by atoms with Crippen molar-refractivity contribution in [2.24, 2.45) is 0 Å². The molecule has 0 saturated heterocycles. The maximum absolute atomic E-state index is 10.9. The van der Waals surface area contributed by atoms with Gasteiger partial charge in [-0.05, 0) is 52.3 Å². The largest absolute Gasteiger partial charge is 0.496 e. The second-order valence-corrected chi connectivity index (χ2v) is 4.94. The SMILES string of the molecule is COc1ccc(Nc2ccc(C(=O)O)c(N)c2)cc1Br. The summed E-state index contributed by atoms with van der Waals surface area (Å²) in [4.78, 5) is 10.9. The Bertz CT molecular complexity index is 659. The first-order valence-electron chi connectivity index (χ1n) is 5.74. The molecular weight excluding hydrogens is 324 g/mol. The lowest BCUT2D eigenvalue weighted by Gasteiger charge is -2.10. The first-order chi connectivity index (χ1) is 9.51. The third-order valence-electron chi connectivity index (χ3n) is 2.72. The monoisotopic (exact) mass is 336 g/mol. The Balaban J connectivity index is 2.24. The van der Waals surface area contributed by atoms with Crippen LogP contribution in [0.25, 0.3) is 0 Å². The van der Waals surface area contributed by atoms with E-state index in [1.165, 1.54) is 6.07 Å². The molecule has 6 heteroatoms. The van der Waals surface area contributed by atoms with Crippen molar-refractivity contribution in [2.75, 3.05) is 18.2 Å². The normalized spacial score (nSPS) is 10.1. The number of nitrogens with one attached hydrogen (secondary N) is 1. The lowest BCUT2D eigenvalue weighted by Crippen LogP contribution is -2.03. The van der Waals surface area contributed by atoms with Crippen LogP contribution in [0, 0.1) is 0 Å². The van der Waals surface area contributed by atoms with Gasteiger partial charge in [0.25, 0.3) is 0 Å². The number of halogens is 1. The van der Waals surface area contributed by atoms with Crippen LogP contribution in [0.15, 0.2) is 40.9 Å². The maximum Gasteiger partial charge on any atom is 0.337 e. The predicted molar refractivity (Wildman–Crippen MR) is 81.8 cm³/mol. The van der Waals surface area contributed by atoms with Gasteiger partial charge in [0.2, 0.25) is 0 Å². The number of methoxy groups -OCH3 is 1. The van der Waals surface area contributed by atoms with Crippen LogP contribution in [0.4, 0.5) is 17.1 Å². The van der Waals surface area contributed by atoms with Gasteiger partial charge in [0.05, 0.1) is 17.1 Å². The first-order valence-corrected chi connectivity index (χ1v) is 6.54. The summed E-state index contributed by atoms with van der Waals surface area (Å²) in [6.45, 7) is 0. The number of hydrogen-bond donors (Lipinski definition) is 3. The number of carboxylic acids is 1. The number of carboxylic acid groups (broad SMARTS) is 1. The molecule has 0 bridgehead atoms. The third kappa shape index (κ3) is 3.03. The molecule has 4 N–H and O–H groups in total. The fourth-order valence-corrected chi connectivity index (χ4v) is 2.29. The summed E-state index contributed by atoms with van der Waals surface area (Å²) in [6.07, 6.45) is 0. The van der Waals surface area contributed by atoms with E-state index in [4.69, 9.17) is 15.6 Å². The summed E-state index contributed by atoms with van der Waals surface area (Å²) >= 11 is 3.40. The molecule has 0 radical (unpaired) electrons. The molecule has 0 heterocycles. The molecule has 0 aliphatic heterocycles. The van der Waals surface area contributed by atoms with Crippen molar-refractivity contribution in [3.05, 3.63) is 46.4 Å². The standard InChI is InChI=1S/C14H13BrN2O3/c1-20-13-5-3-8(6-11(13)15)17-9-2-4-10(14(18)19)12(16)7-9/h2-7,17H,16H2,1H3,(H,18,19). The summed E-state index contributed by atoms with van der Waals surface area (Å²) in [7, 11) is 1.60. The summed E-state index contributed by atoms with van der Waals surface area (Å²) < 4.78 is 5.97. The molecule has 0 saturated carbocycles. The summed E-state index contributed by atoms with van der Waals surface area (Å²) in [5.41, 5.74) is 7.55. The van der Waals surface area contributed by atoms with Crippen molar-refractivity contribution < 1.29 is 14.6 Å². The smallest absolute Gasteiger partial charge is 0.337 e. The van der Waals surface area contributed by atoms with Crippen LogP contribution in [0.2, 0.25) is 0 Å². The number of aromatic carboxylic acids is 1. The first kappa shape index (κ1) is 14.2. The summed E-state index contributed by atoms with van der Waals surface area (Å²) in [6, 6.07) is 10.3. The lowest BCUT2D eigenvalue weighted by molar-refractivity contribution is 0.0698. The van der Waals surface area contributed by atoms with Crippen molar-refractivity contribution >= 4 is 39.0 Å². The number of ether oxygens (including phenoxy) is 1. The number of nitrogen functional groups attached to an aromatic ring is 1. The third-order valence-corrected chi connectivity index (χ3v) is 3.34. The van der Waals surface area contributed by atoms with Crippen LogP contribution in [0.1, 0.15) is 10.4 Å². The minimum atomic E-state index is -1.04. The number of anilines is 3. The summed E-state index contributed by atoms with van der Waals surface area (Å²) in [5.74, 6) is -0.308. The van der Waals surface area contributed by atoms with E-state index < -0.39 is 5.97 Å². The van der Waals surface area contributed by atoms with Gasteiger partial charge in [0.1, 0.15) is 5.75 Å². The van der Waals surface area contributed by atoms with E-state index in [-0.39, 0.29) is 11.3 Å². The minimum Gasteiger partial charge on any atom is -0.496 e. The average molecular weight is 337 g/mol. The van der Waals surface area contributed by atoms with Crippen LogP contribution in [-0.2, 0) is 0 Å². The number of rotatable bonds is 4. The Hall–Kier alpha value is -2.21. The van der Waals surface area contributed by atoms with Gasteiger partial charge in [0, 0.05) is 17.1 Å². The zero-order valence-electron chi connectivity index (χ0n) is 10.7. The zero-order chi connectivity index (χ0) is 14.7. The number of carbonyl (C=O) groups is 1. The van der Waals surface area contributed by atoms with E-state index in [0.717, 1.165) is 15.9 Å². The van der Waals surface area contributed by atoms with Gasteiger partial charge in [0.15, 0.2) is 0 Å². The molecule has 0 spiro atoms. The molecule has 0 aliphatic carbocycles. The van der Waals surface area contributed by atoms with Gasteiger partial charge in [-0.3, -0.25) is 0 Å². The van der Waals surface area contributed by atoms with Gasteiger partial charge in [-0.15, -0.1) is 0 Å². The summed E-state index contributed by atoms with van der Waals surface area (Å²) in [5, 5.41) is 12.1. The van der Waals surface area contributed by atoms with Gasteiger partial charge in [-0.25, -0.2) is 4.79 Å². The molecular formula is C14H13BrN2O3. The Morgan fingerprint density at radius 3 is 2.45 bits per heavy atom. The minimum absolute atomic E-state index is 0.0893. The second-order valence-electron chi connectivity index (χ2n) is 4.08. The number of hydrogen-bond acceptors (Lipinski definition) is 4. The molecule has 2 rings (SSSR count). The van der Waals surface area contributed by atoms with E-state index in [9.17, 15) is 4.79 Å². The molecule has 0 amide bonds. The Morgan fingerprint density at radius 2 is 1.90 bits per heavy atom. The van der Waals surface area contributed by atoms with Crippen LogP contribution < -0.4 is 15.8 Å². The van der Waals surface area contributed by atoms with Crippen LogP contribution in [0.5, 0.6) is 5.75 Å². The van der Waals surface area contributed by atoms with Crippen molar-refractivity contribution in [2.45, 2.75) is 0 Å². The van der Waals surface area contributed by atoms with Crippen molar-refractivity contribution in [3.8, 4) is 5.75 Å². The van der Waals surface area contributed by atoms with Crippen molar-refractivity contribution in [1.82, 2.24) is 0 Å². The van der Waals surface area contributed by atoms with Crippen LogP contribution in [0.3, 0.4) is 0 Å². The molecule has 0 aliphatic rings. The van der Waals surface area contributed by atoms with E-state index >= 15 is 0 Å². The highest BCUT2D eigenvalue weighted by Gasteiger charge is 2.08. The quantitative estimate of drug-likeness (QED) is 0.744. The fourth-order valence-electron chi connectivity index (χ4n) is 1.75. The van der Waals surface area contributed by atoms with E-state index in [1.807, 2.05) is 18.2 Å². The Labute approximate surface area is 124 Å². The second kappa shape index (κ2) is 5.83. The highest BCUT2D eigenvalue weighted by atomic mass is 79.9. The van der Waals surface area contributed by atoms with Crippen LogP contribution in [-0.4, -0.2) is 18.2 Å². The van der Waals surface area contributed by atoms with Crippen LogP contribution >= 0.6 is 15.9 Å². The van der Waals surface area contributed by atoms with E-state index in [1.54, 1.807) is 19.2 Å². The number of nitrogens with two attached hydrogens (primary N) is 1. The van der Waals surface area contributed by atoms with Gasteiger partial charge < -0.3 is 20.9 Å². The van der Waals surface area contributed by atoms with Gasteiger partial charge in [-0.1, -0.05) is 0 Å². The Morgan fingerprint density at radius 1 is 1.25 bits per heavy atom. The molecule has 2 aromatic carbocycles. The van der Waals surface area contributed by atoms with Crippen molar-refractivity contribution in [1.29, 1.82) is 0 Å². The number of benzene rings is 2. The maximum atomic E-state index is 10.9. The van der Waals surface area contributed by atoms with E-state index in [0.29, 0.717) is 5.69 Å². The topological polar surface area (TPSA) is 84.6 Å². The highest BCUT2D eigenvalue weighted by molar-refractivity contribution is 9.10. The lowest BCUT2D eigenvalue weighted by atomic mass is 10.1. The Kier molecular flexibility index (Phi) is 4.14. The molecule has 0 fully saturated rings. The highest BCUT2D eigenvalue weighted by Crippen LogP contribution is 2.29.